The lowest BCUT2D eigenvalue weighted by Gasteiger charge is -2.09. The number of rotatable bonds is 11. The van der Waals surface area contributed by atoms with Crippen LogP contribution in [0.2, 0.25) is 0 Å². The summed E-state index contributed by atoms with van der Waals surface area (Å²) in [7, 11) is 0. The second-order valence-electron chi connectivity index (χ2n) is 11.6. The molecule has 0 aliphatic rings. The normalized spacial score (nSPS) is 10.6. The number of nitrogens with zero attached hydrogens (tertiary/aromatic N) is 5. The van der Waals surface area contributed by atoms with Crippen molar-refractivity contribution in [2.75, 3.05) is 0 Å². The van der Waals surface area contributed by atoms with Crippen molar-refractivity contribution in [3.8, 4) is 21.1 Å². The number of thiazole rings is 2. The van der Waals surface area contributed by atoms with Gasteiger partial charge in [0.05, 0.1) is 11.7 Å². The molecule has 0 saturated carbocycles. The number of thiocarbonyl (C=S) groups is 2. The summed E-state index contributed by atoms with van der Waals surface area (Å²) in [5.41, 5.74) is 14.7. The highest BCUT2D eigenvalue weighted by atomic mass is 32.1. The average Bonchev–Trinajstić information content (AvgIpc) is 4.04. The monoisotopic (exact) mass is 756 g/mol. The predicted molar refractivity (Wildman–Crippen MR) is 223 cm³/mol. The summed E-state index contributed by atoms with van der Waals surface area (Å²) >= 11 is 13.5. The number of nitrogens with two attached hydrogens (primary N) is 1. The molecule has 2 aromatic carbocycles. The van der Waals surface area contributed by atoms with Crippen molar-refractivity contribution in [2.24, 2.45) is 10.7 Å². The van der Waals surface area contributed by atoms with Gasteiger partial charge < -0.3 is 15.7 Å². The third-order valence-electron chi connectivity index (χ3n) is 8.34. The summed E-state index contributed by atoms with van der Waals surface area (Å²) in [4.78, 5) is 28.4. The van der Waals surface area contributed by atoms with Crippen molar-refractivity contribution in [3.63, 3.8) is 0 Å². The maximum atomic E-state index is 5.66. The van der Waals surface area contributed by atoms with E-state index in [-0.39, 0.29) is 0 Å². The van der Waals surface area contributed by atoms with Gasteiger partial charge in [-0.15, -0.1) is 22.7 Å². The molecular weight excluding hydrogens is 721 g/mol. The van der Waals surface area contributed by atoms with Gasteiger partial charge in [-0.05, 0) is 89.3 Å². The summed E-state index contributed by atoms with van der Waals surface area (Å²) in [5, 5.41) is 10.8. The van der Waals surface area contributed by atoms with Crippen LogP contribution in [0.3, 0.4) is 0 Å². The van der Waals surface area contributed by atoms with E-state index in [9.17, 15) is 0 Å². The van der Waals surface area contributed by atoms with Crippen LogP contribution in [0.15, 0.2) is 126 Å². The smallest absolute Gasteiger partial charge is 0.137 e. The van der Waals surface area contributed by atoms with Crippen LogP contribution in [0.25, 0.3) is 43.2 Å². The maximum absolute atomic E-state index is 5.66. The Balaban J connectivity index is 0.000000149. The Hall–Kier alpha value is -5.07. The van der Waals surface area contributed by atoms with Crippen LogP contribution in [-0.2, 0) is 25.9 Å². The van der Waals surface area contributed by atoms with Gasteiger partial charge in [-0.1, -0.05) is 60.7 Å². The van der Waals surface area contributed by atoms with Gasteiger partial charge >= 0.3 is 0 Å². The van der Waals surface area contributed by atoms with E-state index in [1.807, 2.05) is 72.1 Å². The molecule has 8 rings (SSSR count). The summed E-state index contributed by atoms with van der Waals surface area (Å²) in [6.45, 7) is 1.14. The van der Waals surface area contributed by atoms with Gasteiger partial charge in [-0.25, -0.2) is 24.9 Å². The number of fused-ring (bicyclic) bond motifs is 2. The van der Waals surface area contributed by atoms with Crippen LogP contribution in [0.4, 0.5) is 0 Å². The van der Waals surface area contributed by atoms with E-state index >= 15 is 0 Å². The van der Waals surface area contributed by atoms with Crippen LogP contribution in [-0.4, -0.2) is 39.9 Å². The van der Waals surface area contributed by atoms with Crippen LogP contribution in [0.5, 0.6) is 0 Å². The number of aliphatic imine (C=N–C) groups is 1. The molecule has 4 N–H and O–H groups in total. The number of H-pyrrole nitrogens is 2. The Bertz CT molecular complexity index is 2370. The molecule has 52 heavy (non-hydrogen) atoms. The molecule has 260 valence electrons. The number of nitrogens with one attached hydrogen (secondary N) is 2. The van der Waals surface area contributed by atoms with E-state index in [0.29, 0.717) is 13.1 Å². The van der Waals surface area contributed by atoms with Crippen molar-refractivity contribution in [1.82, 2.24) is 29.9 Å². The first kappa shape index (κ1) is 36.7. The highest BCUT2D eigenvalue weighted by molar-refractivity contribution is 7.80. The number of benzene rings is 2. The SMILES string of the molecule is NCc1ccccc1-c1nccs1.S=C(CCc1ccccc1-c1nccs1)CCc1ccnc2[nH]ccc12.S=C=NCc1ccnc2[nH]ccc12. The second kappa shape index (κ2) is 19.0. The number of pyridine rings is 2. The highest BCUT2D eigenvalue weighted by Crippen LogP contribution is 2.27. The fourth-order valence-corrected chi connectivity index (χ4v) is 7.42. The van der Waals surface area contributed by atoms with Crippen molar-refractivity contribution in [1.29, 1.82) is 0 Å². The molecule has 0 bridgehead atoms. The van der Waals surface area contributed by atoms with E-state index in [4.69, 9.17) is 18.0 Å². The Morgan fingerprint density at radius 1 is 0.654 bits per heavy atom. The Labute approximate surface area is 321 Å². The number of hydrogen-bond donors (Lipinski definition) is 3. The van der Waals surface area contributed by atoms with Crippen LogP contribution < -0.4 is 5.73 Å². The Kier molecular flexibility index (Phi) is 13.4. The first-order chi connectivity index (χ1) is 25.6. The van der Waals surface area contributed by atoms with Crippen LogP contribution in [0.1, 0.15) is 35.1 Å². The minimum atomic E-state index is 0.565. The molecule has 0 saturated heterocycles. The van der Waals surface area contributed by atoms with E-state index in [1.165, 1.54) is 22.1 Å². The maximum Gasteiger partial charge on any atom is 0.137 e. The van der Waals surface area contributed by atoms with Crippen molar-refractivity contribution >= 4 is 79.2 Å². The lowest BCUT2D eigenvalue weighted by molar-refractivity contribution is 0.980. The third kappa shape index (κ3) is 9.62. The largest absolute Gasteiger partial charge is 0.346 e. The standard InChI is InChI=1S/C21H19N3S2.C10H10N2S.C9H7N3S/c25-17(8-6-16-9-11-22-20-18(16)10-12-23-20)7-5-15-3-1-2-4-19(15)21-24-13-14-26-21;11-7-8-3-1-2-4-9(8)10-12-5-6-13-10;13-6-10-5-7-1-3-11-9-8(7)2-4-12-9/h1-4,9-14H,5-8H2,(H,22,23);1-6H,7,11H2;1-4H,5H2,(H,11,12). The number of aromatic nitrogens is 6. The first-order valence-corrected chi connectivity index (χ1v) is 19.2. The van der Waals surface area contributed by atoms with Crippen LogP contribution in [0, 0.1) is 0 Å². The van der Waals surface area contributed by atoms with Gasteiger partial charge in [0.25, 0.3) is 0 Å². The van der Waals surface area contributed by atoms with Gasteiger partial charge in [0.1, 0.15) is 21.3 Å². The molecule has 12 heteroatoms. The van der Waals surface area contributed by atoms with E-state index in [2.05, 4.69) is 94.7 Å². The van der Waals surface area contributed by atoms with Crippen molar-refractivity contribution < 1.29 is 0 Å². The van der Waals surface area contributed by atoms with Gasteiger partial charge in [0.2, 0.25) is 0 Å². The molecule has 0 fully saturated rings. The molecule has 0 unspecified atom stereocenters. The zero-order valence-corrected chi connectivity index (χ0v) is 31.5. The number of aryl methyl sites for hydroxylation is 2. The molecule has 6 heterocycles. The summed E-state index contributed by atoms with van der Waals surface area (Å²) in [5.74, 6) is 0. The van der Waals surface area contributed by atoms with Gasteiger partial charge in [-0.2, -0.15) is 0 Å². The lowest BCUT2D eigenvalue weighted by atomic mass is 9.99. The summed E-state index contributed by atoms with van der Waals surface area (Å²) < 4.78 is 0. The number of hydrogen-bond acceptors (Lipinski definition) is 10. The molecular formula is C40H36N8S4. The minimum Gasteiger partial charge on any atom is -0.346 e. The molecule has 8 aromatic rings. The van der Waals surface area contributed by atoms with Gasteiger partial charge in [-0.3, -0.25) is 0 Å². The quantitative estimate of drug-likeness (QED) is 0.0887. The lowest BCUT2D eigenvalue weighted by Crippen LogP contribution is -2.01. The first-order valence-electron chi connectivity index (χ1n) is 16.7. The highest BCUT2D eigenvalue weighted by Gasteiger charge is 2.09. The van der Waals surface area contributed by atoms with E-state index in [1.54, 1.807) is 28.9 Å². The van der Waals surface area contributed by atoms with E-state index in [0.717, 1.165) is 73.9 Å². The molecule has 0 spiro atoms. The third-order valence-corrected chi connectivity index (χ3v) is 10.5. The van der Waals surface area contributed by atoms with E-state index < -0.39 is 0 Å². The zero-order valence-electron chi connectivity index (χ0n) is 28.2. The molecule has 6 aromatic heterocycles. The average molecular weight is 757 g/mol. The molecule has 0 amide bonds. The Morgan fingerprint density at radius 3 is 1.77 bits per heavy atom. The zero-order chi connectivity index (χ0) is 36.0. The number of aromatic amines is 2. The molecule has 0 aliphatic heterocycles. The number of isothiocyanates is 1. The predicted octanol–water partition coefficient (Wildman–Crippen LogP) is 10.1. The summed E-state index contributed by atoms with van der Waals surface area (Å²) in [6.07, 6.45) is 14.9. The molecule has 0 radical (unpaired) electrons. The minimum absolute atomic E-state index is 0.565. The summed E-state index contributed by atoms with van der Waals surface area (Å²) in [6, 6.07) is 24.7. The van der Waals surface area contributed by atoms with Gasteiger partial charge in [0, 0.05) is 76.4 Å². The molecule has 8 nitrogen and oxygen atoms in total. The molecule has 0 atom stereocenters. The van der Waals surface area contributed by atoms with Crippen molar-refractivity contribution in [3.05, 3.63) is 143 Å². The van der Waals surface area contributed by atoms with Gasteiger partial charge in [0.15, 0.2) is 0 Å². The van der Waals surface area contributed by atoms with Crippen molar-refractivity contribution in [2.45, 2.75) is 38.8 Å². The fourth-order valence-electron chi connectivity index (χ4n) is 5.75. The second-order valence-corrected chi connectivity index (χ2v) is 14.1. The Morgan fingerprint density at radius 2 is 1.19 bits per heavy atom. The van der Waals surface area contributed by atoms with Crippen LogP contribution >= 0.6 is 47.1 Å². The topological polar surface area (TPSA) is 122 Å². The fraction of sp³-hybridized carbons (Fsp3) is 0.150. The molecule has 0 aliphatic carbocycles.